The van der Waals surface area contributed by atoms with E-state index < -0.39 is 17.8 Å². The monoisotopic (exact) mass is 464 g/mol. The molecule has 0 unspecified atom stereocenters. The Kier molecular flexibility index (Phi) is 6.87. The molecule has 1 saturated heterocycles. The smallest absolute Gasteiger partial charge is 0.329 e. The molecule has 1 aliphatic rings. The normalized spacial score (nSPS) is 14.4. The molecule has 4 rings (SSSR count). The maximum atomic E-state index is 13.9. The number of hydrogen-bond donors (Lipinski definition) is 1. The van der Waals surface area contributed by atoms with Crippen molar-refractivity contribution in [3.63, 3.8) is 0 Å². The molecular formula is C26H22F2N2O4. The van der Waals surface area contributed by atoms with Gasteiger partial charge in [0, 0.05) is 5.56 Å². The van der Waals surface area contributed by atoms with E-state index in [1.807, 2.05) is 6.92 Å². The molecule has 1 heterocycles. The van der Waals surface area contributed by atoms with E-state index in [4.69, 9.17) is 9.47 Å². The predicted molar refractivity (Wildman–Crippen MR) is 122 cm³/mol. The highest BCUT2D eigenvalue weighted by Crippen LogP contribution is 2.31. The third-order valence-electron chi connectivity index (χ3n) is 5.14. The summed E-state index contributed by atoms with van der Waals surface area (Å²) in [5, 5.41) is 2.56. The second kappa shape index (κ2) is 10.2. The quantitative estimate of drug-likeness (QED) is 0.375. The van der Waals surface area contributed by atoms with Crippen LogP contribution in [0.1, 0.15) is 23.6 Å². The number of carbonyl (C=O) groups is 2. The summed E-state index contributed by atoms with van der Waals surface area (Å²) in [7, 11) is 0. The maximum absolute atomic E-state index is 13.9. The Morgan fingerprint density at radius 2 is 1.71 bits per heavy atom. The first-order chi connectivity index (χ1) is 16.4. The molecule has 3 aromatic rings. The van der Waals surface area contributed by atoms with Gasteiger partial charge in [0.25, 0.3) is 5.91 Å². The summed E-state index contributed by atoms with van der Waals surface area (Å²) in [6.45, 7) is 2.24. The van der Waals surface area contributed by atoms with Crippen LogP contribution in [0.2, 0.25) is 0 Å². The molecule has 3 aromatic carbocycles. The maximum Gasteiger partial charge on any atom is 0.329 e. The second-order valence-corrected chi connectivity index (χ2v) is 7.53. The fraction of sp³-hybridized carbons (Fsp3) is 0.154. The molecular weight excluding hydrogens is 442 g/mol. The highest BCUT2D eigenvalue weighted by atomic mass is 19.1. The molecule has 0 atom stereocenters. The van der Waals surface area contributed by atoms with Gasteiger partial charge < -0.3 is 14.8 Å². The van der Waals surface area contributed by atoms with Crippen LogP contribution in [0.3, 0.4) is 0 Å². The third kappa shape index (κ3) is 5.23. The first kappa shape index (κ1) is 23.0. The lowest BCUT2D eigenvalue weighted by molar-refractivity contribution is -0.123. The number of carbonyl (C=O) groups excluding carboxylic acids is 2. The number of urea groups is 1. The van der Waals surface area contributed by atoms with Crippen molar-refractivity contribution in [1.82, 2.24) is 10.2 Å². The third-order valence-corrected chi connectivity index (χ3v) is 5.14. The zero-order valence-corrected chi connectivity index (χ0v) is 18.4. The average Bonchev–Trinajstić information content (AvgIpc) is 3.08. The number of rotatable bonds is 8. The average molecular weight is 464 g/mol. The van der Waals surface area contributed by atoms with Gasteiger partial charge in [0.1, 0.15) is 23.9 Å². The van der Waals surface area contributed by atoms with Gasteiger partial charge >= 0.3 is 6.03 Å². The van der Waals surface area contributed by atoms with Crippen molar-refractivity contribution in [2.75, 3.05) is 6.61 Å². The summed E-state index contributed by atoms with van der Waals surface area (Å²) in [5.74, 6) is -0.400. The van der Waals surface area contributed by atoms with Crippen LogP contribution in [0.25, 0.3) is 6.08 Å². The van der Waals surface area contributed by atoms with Gasteiger partial charge in [0.2, 0.25) is 0 Å². The van der Waals surface area contributed by atoms with Crippen LogP contribution >= 0.6 is 0 Å². The molecule has 1 aliphatic heterocycles. The number of ether oxygens (including phenoxy) is 2. The minimum Gasteiger partial charge on any atom is -0.490 e. The van der Waals surface area contributed by atoms with E-state index in [0.717, 1.165) is 4.90 Å². The molecule has 0 aliphatic carbocycles. The van der Waals surface area contributed by atoms with Crippen LogP contribution in [0.15, 0.2) is 72.4 Å². The van der Waals surface area contributed by atoms with E-state index in [2.05, 4.69) is 5.32 Å². The Morgan fingerprint density at radius 1 is 0.941 bits per heavy atom. The lowest BCUT2D eigenvalue weighted by atomic mass is 10.1. The van der Waals surface area contributed by atoms with Gasteiger partial charge in [0.15, 0.2) is 11.5 Å². The van der Waals surface area contributed by atoms with Gasteiger partial charge in [-0.15, -0.1) is 0 Å². The molecule has 0 aromatic heterocycles. The highest BCUT2D eigenvalue weighted by Gasteiger charge is 2.33. The van der Waals surface area contributed by atoms with Crippen molar-refractivity contribution in [1.29, 1.82) is 0 Å². The van der Waals surface area contributed by atoms with Crippen LogP contribution in [-0.4, -0.2) is 23.4 Å². The van der Waals surface area contributed by atoms with Crippen molar-refractivity contribution in [3.8, 4) is 11.5 Å². The number of amides is 3. The van der Waals surface area contributed by atoms with E-state index in [9.17, 15) is 18.4 Å². The van der Waals surface area contributed by atoms with Crippen molar-refractivity contribution >= 4 is 18.0 Å². The summed E-state index contributed by atoms with van der Waals surface area (Å²) in [5.41, 5.74) is 1.75. The number of benzene rings is 3. The Morgan fingerprint density at radius 3 is 2.44 bits per heavy atom. The van der Waals surface area contributed by atoms with E-state index in [0.29, 0.717) is 34.8 Å². The second-order valence-electron chi connectivity index (χ2n) is 7.53. The first-order valence-electron chi connectivity index (χ1n) is 10.7. The molecule has 0 spiro atoms. The van der Waals surface area contributed by atoms with Gasteiger partial charge in [0.05, 0.1) is 13.2 Å². The van der Waals surface area contributed by atoms with Gasteiger partial charge in [-0.05, 0) is 54.5 Å². The van der Waals surface area contributed by atoms with Gasteiger partial charge in [-0.25, -0.2) is 13.6 Å². The Hall–Kier alpha value is -4.20. The Labute approximate surface area is 195 Å². The molecule has 1 fully saturated rings. The minimum absolute atomic E-state index is 0.0231. The van der Waals surface area contributed by atoms with Crippen LogP contribution < -0.4 is 14.8 Å². The molecule has 0 bridgehead atoms. The summed E-state index contributed by atoms with van der Waals surface area (Å²) >= 11 is 0. The van der Waals surface area contributed by atoms with Crippen LogP contribution in [0.5, 0.6) is 11.5 Å². The number of halogens is 2. The topological polar surface area (TPSA) is 67.9 Å². The summed E-state index contributed by atoms with van der Waals surface area (Å²) in [6, 6.07) is 16.4. The predicted octanol–water partition coefficient (Wildman–Crippen LogP) is 5.04. The van der Waals surface area contributed by atoms with Gasteiger partial charge in [-0.3, -0.25) is 9.69 Å². The summed E-state index contributed by atoms with van der Waals surface area (Å²) in [4.78, 5) is 26.2. The SMILES string of the molecule is CCOc1cc(/C=C2\NC(=O)N(Cc3ccc(F)cc3)C2=O)ccc1OCc1ccccc1F. The molecule has 174 valence electrons. The number of imide groups is 1. The lowest BCUT2D eigenvalue weighted by Gasteiger charge is -2.13. The fourth-order valence-corrected chi connectivity index (χ4v) is 3.43. The van der Waals surface area contributed by atoms with Crippen LogP contribution in [0.4, 0.5) is 13.6 Å². The number of nitrogens with one attached hydrogen (secondary N) is 1. The van der Waals surface area contributed by atoms with Crippen molar-refractivity contribution in [2.24, 2.45) is 0 Å². The van der Waals surface area contributed by atoms with Crippen LogP contribution in [-0.2, 0) is 17.9 Å². The Balaban J connectivity index is 1.51. The molecule has 6 nitrogen and oxygen atoms in total. The van der Waals surface area contributed by atoms with Crippen molar-refractivity contribution < 1.29 is 27.8 Å². The van der Waals surface area contributed by atoms with Crippen LogP contribution in [0, 0.1) is 11.6 Å². The van der Waals surface area contributed by atoms with E-state index in [1.165, 1.54) is 36.4 Å². The Bertz CT molecular complexity index is 1240. The molecule has 3 amide bonds. The summed E-state index contributed by atoms with van der Waals surface area (Å²) < 4.78 is 38.4. The first-order valence-corrected chi connectivity index (χ1v) is 10.7. The molecule has 0 radical (unpaired) electrons. The zero-order chi connectivity index (χ0) is 24.1. The molecule has 0 saturated carbocycles. The zero-order valence-electron chi connectivity index (χ0n) is 18.4. The van der Waals surface area contributed by atoms with Crippen molar-refractivity contribution in [3.05, 3.63) is 101 Å². The van der Waals surface area contributed by atoms with Crippen molar-refractivity contribution in [2.45, 2.75) is 20.1 Å². The molecule has 8 heteroatoms. The molecule has 1 N–H and O–H groups in total. The van der Waals surface area contributed by atoms with E-state index >= 15 is 0 Å². The highest BCUT2D eigenvalue weighted by molar-refractivity contribution is 6.13. The van der Waals surface area contributed by atoms with E-state index in [1.54, 1.807) is 36.4 Å². The summed E-state index contributed by atoms with van der Waals surface area (Å²) in [6.07, 6.45) is 1.54. The molecule has 34 heavy (non-hydrogen) atoms. The number of nitrogens with zero attached hydrogens (tertiary/aromatic N) is 1. The standard InChI is InChI=1S/C26H22F2N2O4/c1-2-33-24-14-18(9-12-23(24)34-16-19-5-3-4-6-21(19)28)13-22-25(31)30(26(32)29-22)15-17-7-10-20(27)11-8-17/h3-14H,2,15-16H2,1H3,(H,29,32)/b22-13-. The van der Waals surface area contributed by atoms with Gasteiger partial charge in [-0.2, -0.15) is 0 Å². The van der Waals surface area contributed by atoms with Gasteiger partial charge in [-0.1, -0.05) is 36.4 Å². The fourth-order valence-electron chi connectivity index (χ4n) is 3.43. The van der Waals surface area contributed by atoms with E-state index in [-0.39, 0.29) is 24.7 Å². The largest absolute Gasteiger partial charge is 0.490 e. The minimum atomic E-state index is -0.560. The lowest BCUT2D eigenvalue weighted by Crippen LogP contribution is -2.30. The number of hydrogen-bond acceptors (Lipinski definition) is 4.